The zero-order valence-corrected chi connectivity index (χ0v) is 11.9. The molecule has 0 bridgehead atoms. The Morgan fingerprint density at radius 1 is 1.40 bits per heavy atom. The van der Waals surface area contributed by atoms with Gasteiger partial charge in [0.25, 0.3) is 5.91 Å². The first-order chi connectivity index (χ1) is 9.58. The molecule has 0 saturated heterocycles. The Labute approximate surface area is 119 Å². The average Bonchev–Trinajstić information content (AvgIpc) is 2.83. The van der Waals surface area contributed by atoms with Gasteiger partial charge in [0.1, 0.15) is 16.6 Å². The molecule has 1 heterocycles. The number of hydrogen-bond acceptors (Lipinski definition) is 5. The summed E-state index contributed by atoms with van der Waals surface area (Å²) in [5.41, 5.74) is 0. The Morgan fingerprint density at radius 3 is 2.65 bits per heavy atom. The van der Waals surface area contributed by atoms with E-state index in [1.165, 1.54) is 35.6 Å². The molecule has 0 aliphatic heterocycles. The number of amides is 1. The fourth-order valence-corrected chi connectivity index (χ4v) is 2.13. The molecule has 0 aliphatic carbocycles. The average molecular weight is 295 g/mol. The van der Waals surface area contributed by atoms with E-state index in [0.717, 1.165) is 5.01 Å². The van der Waals surface area contributed by atoms with Crippen molar-refractivity contribution in [2.75, 3.05) is 5.32 Å². The van der Waals surface area contributed by atoms with Crippen LogP contribution in [0.3, 0.4) is 0 Å². The highest BCUT2D eigenvalue weighted by molar-refractivity contribution is 7.15. The lowest BCUT2D eigenvalue weighted by molar-refractivity contribution is -0.122. The van der Waals surface area contributed by atoms with Crippen LogP contribution >= 0.6 is 11.3 Å². The topological polar surface area (TPSA) is 64.1 Å². The monoisotopic (exact) mass is 295 g/mol. The zero-order chi connectivity index (χ0) is 14.5. The molecule has 2 aromatic rings. The van der Waals surface area contributed by atoms with Gasteiger partial charge in [-0.2, -0.15) is 0 Å². The summed E-state index contributed by atoms with van der Waals surface area (Å²) in [7, 11) is 0. The first-order valence-electron chi connectivity index (χ1n) is 6.11. The van der Waals surface area contributed by atoms with Crippen LogP contribution in [0, 0.1) is 12.7 Å². The Balaban J connectivity index is 2.00. The van der Waals surface area contributed by atoms with Crippen LogP contribution in [0.1, 0.15) is 18.4 Å². The molecule has 1 amide bonds. The van der Waals surface area contributed by atoms with Gasteiger partial charge in [-0.1, -0.05) is 18.3 Å². The maximum Gasteiger partial charge on any atom is 0.267 e. The predicted octanol–water partition coefficient (Wildman–Crippen LogP) is 2.78. The minimum atomic E-state index is -0.662. The number of aryl methyl sites for hydroxylation is 1. The van der Waals surface area contributed by atoms with Crippen LogP contribution < -0.4 is 10.1 Å². The van der Waals surface area contributed by atoms with Crippen LogP contribution in [0.2, 0.25) is 0 Å². The van der Waals surface area contributed by atoms with Crippen molar-refractivity contribution in [1.82, 2.24) is 10.2 Å². The number of carbonyl (C=O) groups excluding carboxylic acids is 1. The van der Waals surface area contributed by atoms with Gasteiger partial charge in [-0.15, -0.1) is 10.2 Å². The Morgan fingerprint density at radius 2 is 2.10 bits per heavy atom. The summed E-state index contributed by atoms with van der Waals surface area (Å²) in [4.78, 5) is 12.1. The van der Waals surface area contributed by atoms with Crippen molar-refractivity contribution in [3.63, 3.8) is 0 Å². The number of rotatable bonds is 5. The van der Waals surface area contributed by atoms with Crippen molar-refractivity contribution in [2.45, 2.75) is 26.4 Å². The molecule has 0 aliphatic rings. The summed E-state index contributed by atoms with van der Waals surface area (Å²) >= 11 is 1.29. The largest absolute Gasteiger partial charge is 0.481 e. The molecule has 0 saturated carbocycles. The van der Waals surface area contributed by atoms with E-state index in [4.69, 9.17) is 4.74 Å². The molecule has 0 fully saturated rings. The summed E-state index contributed by atoms with van der Waals surface area (Å²) in [6.07, 6.45) is -0.175. The standard InChI is InChI=1S/C13H14FN3O2S/c1-3-11(19-10-6-4-9(14)5-7-10)12(18)15-13-17-16-8(2)20-13/h4-7,11H,3H2,1-2H3,(H,15,17,18). The Bertz CT molecular complexity index is 586. The van der Waals surface area contributed by atoms with E-state index < -0.39 is 6.10 Å². The molecular weight excluding hydrogens is 281 g/mol. The lowest BCUT2D eigenvalue weighted by atomic mass is 10.2. The van der Waals surface area contributed by atoms with Crippen LogP contribution in [0.15, 0.2) is 24.3 Å². The molecule has 1 aromatic carbocycles. The SMILES string of the molecule is CCC(Oc1ccc(F)cc1)C(=O)Nc1nnc(C)s1. The molecule has 1 unspecified atom stereocenters. The zero-order valence-electron chi connectivity index (χ0n) is 11.1. The molecule has 1 atom stereocenters. The highest BCUT2D eigenvalue weighted by Crippen LogP contribution is 2.17. The Kier molecular flexibility index (Phi) is 4.62. The molecule has 5 nitrogen and oxygen atoms in total. The molecule has 20 heavy (non-hydrogen) atoms. The molecule has 0 radical (unpaired) electrons. The quantitative estimate of drug-likeness (QED) is 0.921. The molecule has 1 aromatic heterocycles. The summed E-state index contributed by atoms with van der Waals surface area (Å²) in [5, 5.41) is 11.5. The fraction of sp³-hybridized carbons (Fsp3) is 0.308. The third kappa shape index (κ3) is 3.74. The van der Waals surface area contributed by atoms with Crippen LogP contribution in [-0.2, 0) is 4.79 Å². The van der Waals surface area contributed by atoms with Crippen molar-refractivity contribution in [2.24, 2.45) is 0 Å². The summed E-state index contributed by atoms with van der Waals surface area (Å²) in [6, 6.07) is 5.54. The predicted molar refractivity (Wildman–Crippen MR) is 74.4 cm³/mol. The molecule has 1 N–H and O–H groups in total. The van der Waals surface area contributed by atoms with Crippen molar-refractivity contribution in [3.05, 3.63) is 35.1 Å². The lowest BCUT2D eigenvalue weighted by Gasteiger charge is -2.16. The van der Waals surface area contributed by atoms with Crippen molar-refractivity contribution in [3.8, 4) is 5.75 Å². The van der Waals surface area contributed by atoms with Gasteiger partial charge in [-0.05, 0) is 37.6 Å². The van der Waals surface area contributed by atoms with E-state index in [1.807, 2.05) is 6.92 Å². The maximum absolute atomic E-state index is 12.8. The van der Waals surface area contributed by atoms with Crippen LogP contribution in [0.25, 0.3) is 0 Å². The minimum absolute atomic E-state index is 0.298. The first kappa shape index (κ1) is 14.4. The van der Waals surface area contributed by atoms with Crippen molar-refractivity contribution < 1.29 is 13.9 Å². The van der Waals surface area contributed by atoms with Gasteiger partial charge in [-0.3, -0.25) is 10.1 Å². The van der Waals surface area contributed by atoms with Crippen LogP contribution in [0.4, 0.5) is 9.52 Å². The van der Waals surface area contributed by atoms with E-state index >= 15 is 0 Å². The van der Waals surface area contributed by atoms with E-state index in [2.05, 4.69) is 15.5 Å². The molecule has 2 rings (SSSR count). The summed E-state index contributed by atoms with van der Waals surface area (Å²) in [5.74, 6) is -0.200. The van der Waals surface area contributed by atoms with Crippen LogP contribution in [0.5, 0.6) is 5.75 Å². The second kappa shape index (κ2) is 6.42. The molecular formula is C13H14FN3O2S. The summed E-state index contributed by atoms with van der Waals surface area (Å²) in [6.45, 7) is 3.64. The Hall–Kier alpha value is -2.02. The number of aromatic nitrogens is 2. The number of hydrogen-bond donors (Lipinski definition) is 1. The van der Waals surface area contributed by atoms with E-state index in [0.29, 0.717) is 17.3 Å². The van der Waals surface area contributed by atoms with Gasteiger partial charge in [0.15, 0.2) is 6.10 Å². The van der Waals surface area contributed by atoms with Gasteiger partial charge < -0.3 is 4.74 Å². The number of anilines is 1. The van der Waals surface area contributed by atoms with Crippen LogP contribution in [-0.4, -0.2) is 22.2 Å². The van der Waals surface area contributed by atoms with E-state index in [9.17, 15) is 9.18 Å². The fourth-order valence-electron chi connectivity index (χ4n) is 1.53. The molecule has 7 heteroatoms. The number of ether oxygens (including phenoxy) is 1. The van der Waals surface area contributed by atoms with E-state index in [-0.39, 0.29) is 11.7 Å². The highest BCUT2D eigenvalue weighted by atomic mass is 32.1. The molecule has 106 valence electrons. The third-order valence-electron chi connectivity index (χ3n) is 2.51. The summed E-state index contributed by atoms with van der Waals surface area (Å²) < 4.78 is 18.3. The smallest absolute Gasteiger partial charge is 0.267 e. The number of halogens is 1. The number of nitrogens with one attached hydrogen (secondary N) is 1. The second-order valence-corrected chi connectivity index (χ2v) is 5.27. The maximum atomic E-state index is 12.8. The highest BCUT2D eigenvalue weighted by Gasteiger charge is 2.19. The number of carbonyl (C=O) groups is 1. The van der Waals surface area contributed by atoms with Crippen molar-refractivity contribution in [1.29, 1.82) is 0 Å². The first-order valence-corrected chi connectivity index (χ1v) is 6.93. The second-order valence-electron chi connectivity index (χ2n) is 4.08. The lowest BCUT2D eigenvalue weighted by Crippen LogP contribution is -2.32. The van der Waals surface area contributed by atoms with Gasteiger partial charge in [-0.25, -0.2) is 4.39 Å². The van der Waals surface area contributed by atoms with Gasteiger partial charge in [0.2, 0.25) is 5.13 Å². The normalized spacial score (nSPS) is 11.9. The van der Waals surface area contributed by atoms with Gasteiger partial charge >= 0.3 is 0 Å². The van der Waals surface area contributed by atoms with Crippen molar-refractivity contribution >= 4 is 22.4 Å². The van der Waals surface area contributed by atoms with Gasteiger partial charge in [0, 0.05) is 0 Å². The number of benzene rings is 1. The number of nitrogens with zero attached hydrogens (tertiary/aromatic N) is 2. The van der Waals surface area contributed by atoms with E-state index in [1.54, 1.807) is 6.92 Å². The molecule has 0 spiro atoms. The minimum Gasteiger partial charge on any atom is -0.481 e. The third-order valence-corrected chi connectivity index (χ3v) is 3.27. The van der Waals surface area contributed by atoms with Gasteiger partial charge in [0.05, 0.1) is 0 Å².